The Bertz CT molecular complexity index is 1550. The van der Waals surface area contributed by atoms with E-state index in [9.17, 15) is 14.7 Å². The second-order valence-corrected chi connectivity index (χ2v) is 12.8. The van der Waals surface area contributed by atoms with Crippen LogP contribution in [0.5, 0.6) is 0 Å². The van der Waals surface area contributed by atoms with E-state index in [1.54, 1.807) is 28.7 Å². The molecule has 2 amide bonds. The topological polar surface area (TPSA) is 121 Å². The molecule has 0 spiro atoms. The summed E-state index contributed by atoms with van der Waals surface area (Å²) >= 11 is 1.40. The van der Waals surface area contributed by atoms with Gasteiger partial charge in [0, 0.05) is 43.9 Å². The molecule has 226 valence electrons. The molecule has 0 bridgehead atoms. The molecule has 2 aromatic carbocycles. The van der Waals surface area contributed by atoms with Crippen LogP contribution in [0.2, 0.25) is 0 Å². The molecule has 2 unspecified atom stereocenters. The van der Waals surface area contributed by atoms with Crippen molar-refractivity contribution < 1.29 is 23.8 Å². The summed E-state index contributed by atoms with van der Waals surface area (Å²) in [5, 5.41) is 14.7. The first-order chi connectivity index (χ1) is 20.8. The second-order valence-electron chi connectivity index (χ2n) is 11.9. The Morgan fingerprint density at radius 1 is 1.19 bits per heavy atom. The summed E-state index contributed by atoms with van der Waals surface area (Å²) in [4.78, 5) is 40.1. The van der Waals surface area contributed by atoms with Crippen molar-refractivity contribution >= 4 is 40.5 Å². The molecule has 2 aliphatic rings. The highest BCUT2D eigenvalue weighted by Gasteiger charge is 2.61. The van der Waals surface area contributed by atoms with Crippen LogP contribution in [0.15, 0.2) is 64.7 Å². The Morgan fingerprint density at radius 3 is 2.70 bits per heavy atom. The average molecular weight is 604 g/mol. The van der Waals surface area contributed by atoms with Crippen LogP contribution in [-0.4, -0.2) is 69.8 Å². The normalized spacial score (nSPS) is 20.4. The van der Waals surface area contributed by atoms with Crippen molar-refractivity contribution in [1.82, 2.24) is 20.2 Å². The number of carbonyl (C=O) groups excluding carboxylic acids is 2. The van der Waals surface area contributed by atoms with Crippen LogP contribution in [0.3, 0.4) is 0 Å². The van der Waals surface area contributed by atoms with Crippen molar-refractivity contribution in [2.45, 2.75) is 57.3 Å². The van der Waals surface area contributed by atoms with Crippen LogP contribution in [0.1, 0.15) is 59.8 Å². The summed E-state index contributed by atoms with van der Waals surface area (Å²) < 4.78 is 11.5. The number of carbonyl (C=O) groups is 2. The lowest BCUT2D eigenvalue weighted by Gasteiger charge is -2.32. The standard InChI is InChI=1S/C32H37N5O5S/c1-21(2)17-37(29(39)23-10-11-26-27(14-23)42-30(34-26)36-12-6-7-13-36)18-28(38)32(15-25(32)22-8-4-3-5-9-22)35-31(40)41-19-24-16-33-20-43-24/h3-5,8-11,14,16,20-21,25,28,38H,6-7,12-13,15,17-19H2,1-2H3,(H,35,40)/t25?,28-,32?/m0/s1. The van der Waals surface area contributed by atoms with Crippen LogP contribution >= 0.6 is 11.3 Å². The predicted octanol–water partition coefficient (Wildman–Crippen LogP) is 5.20. The van der Waals surface area contributed by atoms with Crippen LogP contribution in [0, 0.1) is 5.92 Å². The van der Waals surface area contributed by atoms with E-state index in [2.05, 4.69) is 20.2 Å². The lowest BCUT2D eigenvalue weighted by atomic mass is 10.00. The van der Waals surface area contributed by atoms with E-state index < -0.39 is 17.7 Å². The molecule has 2 fully saturated rings. The van der Waals surface area contributed by atoms with Gasteiger partial charge < -0.3 is 29.4 Å². The van der Waals surface area contributed by atoms with Gasteiger partial charge in [-0.1, -0.05) is 44.2 Å². The maximum atomic E-state index is 13.9. The number of fused-ring (bicyclic) bond motifs is 1. The number of thiazole rings is 1. The van der Waals surface area contributed by atoms with Crippen molar-refractivity contribution in [3.05, 3.63) is 76.2 Å². The van der Waals surface area contributed by atoms with Crippen molar-refractivity contribution in [3.63, 3.8) is 0 Å². The largest absolute Gasteiger partial charge is 0.444 e. The highest BCUT2D eigenvalue weighted by molar-refractivity contribution is 7.09. The smallest absolute Gasteiger partial charge is 0.408 e. The Kier molecular flexibility index (Phi) is 8.36. The number of rotatable bonds is 11. The monoisotopic (exact) mass is 603 g/mol. The number of ether oxygens (including phenoxy) is 1. The van der Waals surface area contributed by atoms with E-state index in [-0.39, 0.29) is 30.9 Å². The van der Waals surface area contributed by atoms with Gasteiger partial charge in [0.1, 0.15) is 12.1 Å². The number of aromatic nitrogens is 2. The molecule has 1 aliphatic heterocycles. The fourth-order valence-electron chi connectivity index (χ4n) is 5.97. The molecule has 1 saturated heterocycles. The minimum absolute atomic E-state index is 0.0446. The summed E-state index contributed by atoms with van der Waals surface area (Å²) in [6.07, 6.45) is 2.76. The van der Waals surface area contributed by atoms with Crippen LogP contribution < -0.4 is 10.2 Å². The molecular formula is C32H37N5O5S. The van der Waals surface area contributed by atoms with Gasteiger partial charge in [-0.3, -0.25) is 9.78 Å². The fourth-order valence-corrected chi connectivity index (χ4v) is 6.48. The third kappa shape index (κ3) is 6.37. The maximum absolute atomic E-state index is 13.9. The fraction of sp³-hybridized carbons (Fsp3) is 0.438. The summed E-state index contributed by atoms with van der Waals surface area (Å²) in [5.74, 6) is -0.178. The molecule has 10 nitrogen and oxygen atoms in total. The molecule has 1 saturated carbocycles. The first-order valence-corrected chi connectivity index (χ1v) is 15.7. The molecule has 2 aromatic heterocycles. The van der Waals surface area contributed by atoms with Gasteiger partial charge in [0.05, 0.1) is 22.0 Å². The number of benzene rings is 2. The lowest BCUT2D eigenvalue weighted by Crippen LogP contribution is -2.53. The van der Waals surface area contributed by atoms with E-state index in [1.807, 2.05) is 50.2 Å². The number of amides is 2. The van der Waals surface area contributed by atoms with E-state index in [4.69, 9.17) is 9.15 Å². The first-order valence-electron chi connectivity index (χ1n) is 14.8. The molecule has 6 rings (SSSR count). The van der Waals surface area contributed by atoms with Gasteiger partial charge in [-0.25, -0.2) is 4.79 Å². The molecule has 3 heterocycles. The van der Waals surface area contributed by atoms with E-state index in [0.29, 0.717) is 35.6 Å². The number of hydrogen-bond donors (Lipinski definition) is 2. The zero-order valence-electron chi connectivity index (χ0n) is 24.4. The van der Waals surface area contributed by atoms with Crippen LogP contribution in [0.4, 0.5) is 10.8 Å². The highest BCUT2D eigenvalue weighted by Crippen LogP contribution is 2.54. The van der Waals surface area contributed by atoms with Crippen molar-refractivity contribution in [2.75, 3.05) is 31.1 Å². The Labute approximate surface area is 254 Å². The average Bonchev–Trinajstić information content (AvgIpc) is 3.49. The van der Waals surface area contributed by atoms with Crippen molar-refractivity contribution in [2.24, 2.45) is 5.92 Å². The minimum atomic E-state index is -1.04. The summed E-state index contributed by atoms with van der Waals surface area (Å²) in [6.45, 7) is 6.47. The number of alkyl carbamates (subject to hydrolysis) is 1. The van der Waals surface area contributed by atoms with Gasteiger partial charge in [-0.05, 0) is 48.9 Å². The number of nitrogens with one attached hydrogen (secondary N) is 1. The quantitative estimate of drug-likeness (QED) is 0.240. The molecule has 3 atom stereocenters. The maximum Gasteiger partial charge on any atom is 0.408 e. The molecule has 11 heteroatoms. The molecule has 0 radical (unpaired) electrons. The van der Waals surface area contributed by atoms with E-state index in [0.717, 1.165) is 36.4 Å². The van der Waals surface area contributed by atoms with Gasteiger partial charge >= 0.3 is 6.09 Å². The summed E-state index contributed by atoms with van der Waals surface area (Å²) in [6, 6.07) is 15.7. The summed E-state index contributed by atoms with van der Waals surface area (Å²) in [7, 11) is 0. The van der Waals surface area contributed by atoms with Crippen molar-refractivity contribution in [1.29, 1.82) is 0 Å². The van der Waals surface area contributed by atoms with Gasteiger partial charge in [-0.15, -0.1) is 11.3 Å². The molecule has 43 heavy (non-hydrogen) atoms. The number of aliphatic hydroxyl groups is 1. The Hall–Kier alpha value is -3.96. The summed E-state index contributed by atoms with van der Waals surface area (Å²) in [5.41, 5.74) is 3.45. The van der Waals surface area contributed by atoms with Gasteiger partial charge in [0.25, 0.3) is 11.9 Å². The minimum Gasteiger partial charge on any atom is -0.444 e. The van der Waals surface area contributed by atoms with E-state index >= 15 is 0 Å². The number of aliphatic hydroxyl groups excluding tert-OH is 1. The van der Waals surface area contributed by atoms with Gasteiger partial charge in [-0.2, -0.15) is 4.98 Å². The van der Waals surface area contributed by atoms with E-state index in [1.165, 1.54) is 11.3 Å². The van der Waals surface area contributed by atoms with Crippen LogP contribution in [-0.2, 0) is 11.3 Å². The Morgan fingerprint density at radius 2 is 1.98 bits per heavy atom. The number of hydrogen-bond acceptors (Lipinski definition) is 9. The zero-order chi connectivity index (χ0) is 30.0. The van der Waals surface area contributed by atoms with Crippen molar-refractivity contribution in [3.8, 4) is 0 Å². The zero-order valence-corrected chi connectivity index (χ0v) is 25.3. The van der Waals surface area contributed by atoms with Gasteiger partial charge in [0.2, 0.25) is 0 Å². The number of oxazole rings is 1. The SMILES string of the molecule is CC(C)CN(C[C@H](O)C1(NC(=O)OCc2cncs2)CC1c1ccccc1)C(=O)c1ccc2nc(N3CCCC3)oc2c1. The number of nitrogens with zero attached hydrogens (tertiary/aromatic N) is 4. The van der Waals surface area contributed by atoms with Crippen LogP contribution in [0.25, 0.3) is 11.1 Å². The Balaban J connectivity index is 1.21. The third-order valence-corrected chi connectivity index (χ3v) is 8.98. The molecule has 4 aromatic rings. The predicted molar refractivity (Wildman–Crippen MR) is 164 cm³/mol. The third-order valence-electron chi connectivity index (χ3n) is 8.23. The number of anilines is 1. The highest BCUT2D eigenvalue weighted by atomic mass is 32.1. The first kappa shape index (κ1) is 29.1. The molecular weight excluding hydrogens is 566 g/mol. The molecule has 1 aliphatic carbocycles. The lowest BCUT2D eigenvalue weighted by molar-refractivity contribution is 0.0443. The van der Waals surface area contributed by atoms with Gasteiger partial charge in [0.15, 0.2) is 5.58 Å². The molecule has 2 N–H and O–H groups in total. The second kappa shape index (κ2) is 12.3.